The lowest BCUT2D eigenvalue weighted by molar-refractivity contribution is -0.0328. The van der Waals surface area contributed by atoms with Gasteiger partial charge in [-0.1, -0.05) is 6.08 Å². The first-order chi connectivity index (χ1) is 16.6. The number of anilines is 2. The number of nitrogens with zero attached hydrogens (tertiary/aromatic N) is 1. The number of urea groups is 1. The van der Waals surface area contributed by atoms with Crippen molar-refractivity contribution in [3.05, 3.63) is 65.6 Å². The molecule has 1 aliphatic rings. The molecule has 12 heteroatoms. The highest BCUT2D eigenvalue weighted by atomic mass is 32.2. The molecule has 3 aromatic rings. The first kappa shape index (κ1) is 25.0. The van der Waals surface area contributed by atoms with Crippen LogP contribution in [-0.4, -0.2) is 46.8 Å². The summed E-state index contributed by atoms with van der Waals surface area (Å²) in [5.74, 6) is -2.35. The third-order valence-corrected chi connectivity index (χ3v) is 6.19. The van der Waals surface area contributed by atoms with E-state index in [-0.39, 0.29) is 48.3 Å². The third-order valence-electron chi connectivity index (χ3n) is 5.48. The lowest BCUT2D eigenvalue weighted by atomic mass is 9.98. The maximum atomic E-state index is 14.8. The molecule has 186 valence electrons. The summed E-state index contributed by atoms with van der Waals surface area (Å²) in [4.78, 5) is 17.0. The lowest BCUT2D eigenvalue weighted by Gasteiger charge is -2.26. The summed E-state index contributed by atoms with van der Waals surface area (Å²) in [6, 6.07) is 5.22. The van der Waals surface area contributed by atoms with Gasteiger partial charge in [-0.05, 0) is 54.1 Å². The predicted octanol–water partition coefficient (Wildman–Crippen LogP) is 6.57. The quantitative estimate of drug-likeness (QED) is 0.326. The van der Waals surface area contributed by atoms with E-state index in [9.17, 15) is 31.1 Å². The van der Waals surface area contributed by atoms with Crippen molar-refractivity contribution < 1.29 is 31.1 Å². The summed E-state index contributed by atoms with van der Waals surface area (Å²) in [5, 5.41) is 5.29. The number of halogens is 6. The number of H-pyrrole nitrogens is 1. The minimum atomic E-state index is -4.29. The van der Waals surface area contributed by atoms with Crippen molar-refractivity contribution in [2.45, 2.75) is 11.9 Å². The molecule has 2 heterocycles. The van der Waals surface area contributed by atoms with Crippen LogP contribution >= 0.6 is 11.8 Å². The topological polar surface area (TPSA) is 60.2 Å². The van der Waals surface area contributed by atoms with E-state index in [0.29, 0.717) is 28.7 Å². The van der Waals surface area contributed by atoms with Crippen LogP contribution in [0.2, 0.25) is 0 Å². The monoisotopic (exact) mass is 514 g/mol. The molecule has 0 saturated carbocycles. The van der Waals surface area contributed by atoms with Crippen molar-refractivity contribution in [2.75, 3.05) is 36.0 Å². The molecule has 3 N–H and O–H groups in total. The maximum absolute atomic E-state index is 14.8. The van der Waals surface area contributed by atoms with E-state index in [1.165, 1.54) is 24.4 Å². The highest BCUT2D eigenvalue weighted by molar-refractivity contribution is 8.00. The molecule has 0 radical (unpaired) electrons. The zero-order chi connectivity index (χ0) is 25.2. The van der Waals surface area contributed by atoms with Crippen molar-refractivity contribution in [3.63, 3.8) is 0 Å². The predicted molar refractivity (Wildman–Crippen MR) is 125 cm³/mol. The molecule has 0 unspecified atom stereocenters. The molecule has 2 amide bonds. The van der Waals surface area contributed by atoms with Gasteiger partial charge < -0.3 is 15.6 Å². The van der Waals surface area contributed by atoms with Crippen molar-refractivity contribution in [3.8, 4) is 0 Å². The van der Waals surface area contributed by atoms with Gasteiger partial charge in [0.25, 0.3) is 0 Å². The van der Waals surface area contributed by atoms with Crippen LogP contribution in [0.1, 0.15) is 12.0 Å². The van der Waals surface area contributed by atoms with Crippen molar-refractivity contribution >= 4 is 45.6 Å². The molecule has 0 atom stereocenters. The third kappa shape index (κ3) is 6.31. The molecule has 35 heavy (non-hydrogen) atoms. The Kier molecular flexibility index (Phi) is 7.31. The Morgan fingerprint density at radius 3 is 2.49 bits per heavy atom. The number of aromatic amines is 1. The lowest BCUT2D eigenvalue weighted by Crippen LogP contribution is -2.31. The molecule has 0 aliphatic carbocycles. The SMILES string of the molecule is O=C(Nc1cc(F)c(C2=CCN(CCSC(F)(F)F)CC2)c(F)c1)Nc1c[nH]c2ccc(F)cc12. The second-order valence-corrected chi connectivity index (χ2v) is 9.02. The van der Waals surface area contributed by atoms with Gasteiger partial charge in [-0.3, -0.25) is 4.90 Å². The van der Waals surface area contributed by atoms with E-state index in [1.54, 1.807) is 11.0 Å². The maximum Gasteiger partial charge on any atom is 0.441 e. The highest BCUT2D eigenvalue weighted by Gasteiger charge is 2.28. The van der Waals surface area contributed by atoms with Crippen molar-refractivity contribution in [2.24, 2.45) is 0 Å². The largest absolute Gasteiger partial charge is 0.441 e. The molecule has 2 aromatic carbocycles. The number of hydrogen-bond donors (Lipinski definition) is 3. The number of benzene rings is 2. The molecule has 0 spiro atoms. The normalized spacial score (nSPS) is 14.7. The van der Waals surface area contributed by atoms with Crippen LogP contribution in [0.5, 0.6) is 0 Å². The van der Waals surface area contributed by atoms with Gasteiger partial charge in [-0.15, -0.1) is 0 Å². The zero-order valence-corrected chi connectivity index (χ0v) is 18.9. The van der Waals surface area contributed by atoms with Crippen LogP contribution in [0.4, 0.5) is 42.5 Å². The molecule has 5 nitrogen and oxygen atoms in total. The van der Waals surface area contributed by atoms with Gasteiger partial charge in [0.1, 0.15) is 17.5 Å². The van der Waals surface area contributed by atoms with Gasteiger partial charge in [-0.2, -0.15) is 13.2 Å². The van der Waals surface area contributed by atoms with Crippen LogP contribution in [0, 0.1) is 17.5 Å². The molecular weight excluding hydrogens is 494 g/mol. The minimum Gasteiger partial charge on any atom is -0.359 e. The summed E-state index contributed by atoms with van der Waals surface area (Å²) in [7, 11) is 0. The van der Waals surface area contributed by atoms with E-state index in [1.807, 2.05) is 0 Å². The number of hydrogen-bond acceptors (Lipinski definition) is 3. The van der Waals surface area contributed by atoms with Gasteiger partial charge in [0, 0.05) is 53.7 Å². The second kappa shape index (κ2) is 10.2. The van der Waals surface area contributed by atoms with Gasteiger partial charge in [0.05, 0.1) is 5.69 Å². The summed E-state index contributed by atoms with van der Waals surface area (Å²) >= 11 is -0.103. The Morgan fingerprint density at radius 2 is 1.83 bits per heavy atom. The van der Waals surface area contributed by atoms with E-state index in [2.05, 4.69) is 15.6 Å². The fraction of sp³-hybridized carbons (Fsp3) is 0.261. The van der Waals surface area contributed by atoms with Gasteiger partial charge in [-0.25, -0.2) is 18.0 Å². The Morgan fingerprint density at radius 1 is 1.09 bits per heavy atom. The number of carbonyl (C=O) groups excluding carboxylic acids is 1. The fourth-order valence-electron chi connectivity index (χ4n) is 3.86. The summed E-state index contributed by atoms with van der Waals surface area (Å²) in [6.45, 7) is 0.858. The van der Waals surface area contributed by atoms with Gasteiger partial charge >= 0.3 is 11.5 Å². The van der Waals surface area contributed by atoms with Gasteiger partial charge in [0.2, 0.25) is 0 Å². The number of rotatable bonds is 6. The Balaban J connectivity index is 1.39. The van der Waals surface area contributed by atoms with Crippen molar-refractivity contribution in [1.82, 2.24) is 9.88 Å². The van der Waals surface area contributed by atoms with Gasteiger partial charge in [0.15, 0.2) is 0 Å². The van der Waals surface area contributed by atoms with E-state index in [4.69, 9.17) is 0 Å². The Bertz CT molecular complexity index is 1250. The fourth-order valence-corrected chi connectivity index (χ4v) is 4.45. The minimum absolute atomic E-state index is 0.103. The molecule has 1 aromatic heterocycles. The average molecular weight is 514 g/mol. The molecule has 0 saturated heterocycles. The van der Waals surface area contributed by atoms with E-state index >= 15 is 0 Å². The number of amides is 2. The number of thioether (sulfide) groups is 1. The molecule has 0 bridgehead atoms. The number of carbonyl (C=O) groups is 1. The van der Waals surface area contributed by atoms with Crippen LogP contribution in [-0.2, 0) is 0 Å². The van der Waals surface area contributed by atoms with Crippen LogP contribution < -0.4 is 10.6 Å². The molecule has 4 rings (SSSR count). The standard InChI is InChI=1S/C23H20F6N4OS/c24-14-1-2-19-16(9-14)20(12-30-19)32-22(34)31-15-10-17(25)21(18(26)11-15)13-3-5-33(6-4-13)7-8-35-23(27,28)29/h1-3,9-12,30H,4-8H2,(H2,31,32,34). The van der Waals surface area contributed by atoms with E-state index in [0.717, 1.165) is 12.1 Å². The summed E-state index contributed by atoms with van der Waals surface area (Å²) < 4.78 is 79.8. The number of fused-ring (bicyclic) bond motifs is 1. The van der Waals surface area contributed by atoms with E-state index < -0.39 is 29.0 Å². The number of nitrogens with one attached hydrogen (secondary N) is 3. The molecule has 1 aliphatic heterocycles. The second-order valence-electron chi connectivity index (χ2n) is 7.86. The smallest absolute Gasteiger partial charge is 0.359 e. The molecular formula is C23H20F6N4OS. The zero-order valence-electron chi connectivity index (χ0n) is 18.1. The first-order valence-corrected chi connectivity index (χ1v) is 11.5. The van der Waals surface area contributed by atoms with Crippen LogP contribution in [0.3, 0.4) is 0 Å². The highest BCUT2D eigenvalue weighted by Crippen LogP contribution is 2.32. The van der Waals surface area contributed by atoms with Crippen molar-refractivity contribution in [1.29, 1.82) is 0 Å². The Hall–Kier alpha value is -3.12. The number of alkyl halides is 3. The summed E-state index contributed by atoms with van der Waals surface area (Å²) in [5.41, 5.74) is -3.33. The molecule has 0 fully saturated rings. The summed E-state index contributed by atoms with van der Waals surface area (Å²) in [6.07, 6.45) is 3.34. The number of aromatic nitrogens is 1. The first-order valence-electron chi connectivity index (χ1n) is 10.6. The average Bonchev–Trinajstić information content (AvgIpc) is 3.15. The Labute approximate surface area is 200 Å². The van der Waals surface area contributed by atoms with Crippen LogP contribution in [0.15, 0.2) is 42.6 Å². The van der Waals surface area contributed by atoms with Crippen LogP contribution in [0.25, 0.3) is 16.5 Å².